The lowest BCUT2D eigenvalue weighted by Crippen LogP contribution is -2.52. The van der Waals surface area contributed by atoms with Crippen LogP contribution in [0.25, 0.3) is 0 Å². The quantitative estimate of drug-likeness (QED) is 0.493. The van der Waals surface area contributed by atoms with Gasteiger partial charge in [0.2, 0.25) is 0 Å². The van der Waals surface area contributed by atoms with Crippen LogP contribution in [0.4, 0.5) is 0 Å². The molecule has 5 N–H and O–H groups in total. The van der Waals surface area contributed by atoms with Gasteiger partial charge in [-0.2, -0.15) is 0 Å². The van der Waals surface area contributed by atoms with Crippen LogP contribution in [0.3, 0.4) is 0 Å². The van der Waals surface area contributed by atoms with Gasteiger partial charge < -0.3 is 30.5 Å². The zero-order chi connectivity index (χ0) is 14.6. The fraction of sp³-hybridized carbons (Fsp3) is 1.00. The number of hydrogen-bond acceptors (Lipinski definition) is 6. The highest BCUT2D eigenvalue weighted by Gasteiger charge is 2.47. The summed E-state index contributed by atoms with van der Waals surface area (Å²) in [7, 11) is 0. The molecule has 0 aromatic carbocycles. The monoisotopic (exact) mass is 277 g/mol. The Morgan fingerprint density at radius 1 is 1.26 bits per heavy atom. The van der Waals surface area contributed by atoms with Crippen molar-refractivity contribution >= 4 is 0 Å². The maximum atomic E-state index is 10.2. The Kier molecular flexibility index (Phi) is 6.16. The summed E-state index contributed by atoms with van der Waals surface area (Å²) in [5.74, 6) is -0.548. The van der Waals surface area contributed by atoms with Gasteiger partial charge >= 0.3 is 0 Å². The number of aliphatic hydroxyl groups is 3. The first-order chi connectivity index (χ1) is 8.85. The highest BCUT2D eigenvalue weighted by molar-refractivity contribution is 4.98. The fourth-order valence-corrected chi connectivity index (χ4v) is 2.48. The van der Waals surface area contributed by atoms with Crippen LogP contribution in [-0.2, 0) is 9.47 Å². The SMILES string of the molecule is CCCOC[C@@H]1OC(C)(C)[C@@H](CO)[C@H](O)[C@@H](N)[C@@H]1O. The molecule has 0 unspecified atom stereocenters. The maximum absolute atomic E-state index is 10.2. The Hall–Kier alpha value is -0.240. The van der Waals surface area contributed by atoms with Crippen molar-refractivity contribution in [3.05, 3.63) is 0 Å². The van der Waals surface area contributed by atoms with Crippen molar-refractivity contribution in [2.75, 3.05) is 19.8 Å². The van der Waals surface area contributed by atoms with E-state index < -0.39 is 35.9 Å². The molecular weight excluding hydrogens is 250 g/mol. The van der Waals surface area contributed by atoms with E-state index in [4.69, 9.17) is 15.2 Å². The van der Waals surface area contributed by atoms with Gasteiger partial charge in [0.05, 0.1) is 31.0 Å². The summed E-state index contributed by atoms with van der Waals surface area (Å²) in [6, 6.07) is -0.867. The second-order valence-electron chi connectivity index (χ2n) is 5.68. The first kappa shape index (κ1) is 16.8. The average Bonchev–Trinajstić information content (AvgIpc) is 2.40. The van der Waals surface area contributed by atoms with Gasteiger partial charge in [0.1, 0.15) is 12.2 Å². The molecule has 1 aliphatic heterocycles. The number of ether oxygens (including phenoxy) is 2. The average molecular weight is 277 g/mol. The first-order valence-corrected chi connectivity index (χ1v) is 6.83. The largest absolute Gasteiger partial charge is 0.396 e. The molecular formula is C13H27NO5. The van der Waals surface area contributed by atoms with E-state index in [1.807, 2.05) is 6.92 Å². The first-order valence-electron chi connectivity index (χ1n) is 6.83. The molecule has 5 atom stereocenters. The minimum Gasteiger partial charge on any atom is -0.396 e. The lowest BCUT2D eigenvalue weighted by atomic mass is 9.83. The van der Waals surface area contributed by atoms with E-state index in [9.17, 15) is 15.3 Å². The van der Waals surface area contributed by atoms with E-state index in [-0.39, 0.29) is 13.2 Å². The van der Waals surface area contributed by atoms with Crippen LogP contribution in [0.5, 0.6) is 0 Å². The minimum absolute atomic E-state index is 0.219. The highest BCUT2D eigenvalue weighted by Crippen LogP contribution is 2.32. The molecule has 0 amide bonds. The third-order valence-corrected chi connectivity index (χ3v) is 3.76. The lowest BCUT2D eigenvalue weighted by molar-refractivity contribution is -0.157. The molecule has 0 aromatic heterocycles. The van der Waals surface area contributed by atoms with Gasteiger partial charge in [-0.05, 0) is 20.3 Å². The third-order valence-electron chi connectivity index (χ3n) is 3.76. The molecule has 1 saturated heterocycles. The molecule has 0 aromatic rings. The number of nitrogens with two attached hydrogens (primary N) is 1. The topological polar surface area (TPSA) is 105 Å². The van der Waals surface area contributed by atoms with E-state index in [2.05, 4.69) is 0 Å². The Morgan fingerprint density at radius 2 is 1.89 bits per heavy atom. The molecule has 0 spiro atoms. The van der Waals surface area contributed by atoms with E-state index in [0.717, 1.165) is 6.42 Å². The highest BCUT2D eigenvalue weighted by atomic mass is 16.6. The Morgan fingerprint density at radius 3 is 2.42 bits per heavy atom. The summed E-state index contributed by atoms with van der Waals surface area (Å²) in [5.41, 5.74) is 5.07. The molecule has 0 bridgehead atoms. The molecule has 19 heavy (non-hydrogen) atoms. The minimum atomic E-state index is -1.03. The van der Waals surface area contributed by atoms with Crippen molar-refractivity contribution in [1.29, 1.82) is 0 Å². The van der Waals surface area contributed by atoms with Crippen molar-refractivity contribution in [2.45, 2.75) is 57.1 Å². The summed E-state index contributed by atoms with van der Waals surface area (Å²) in [4.78, 5) is 0. The molecule has 1 fully saturated rings. The van der Waals surface area contributed by atoms with E-state index in [1.54, 1.807) is 13.8 Å². The van der Waals surface area contributed by atoms with Crippen LogP contribution in [-0.4, -0.2) is 65.1 Å². The molecule has 0 radical (unpaired) electrons. The third kappa shape index (κ3) is 3.87. The summed E-state index contributed by atoms with van der Waals surface area (Å²) in [6.45, 7) is 6.08. The van der Waals surface area contributed by atoms with E-state index in [0.29, 0.717) is 6.61 Å². The van der Waals surface area contributed by atoms with Crippen LogP contribution in [0.1, 0.15) is 27.2 Å². The lowest BCUT2D eigenvalue weighted by Gasteiger charge is -2.35. The summed E-state index contributed by atoms with van der Waals surface area (Å²) in [5, 5.41) is 29.7. The smallest absolute Gasteiger partial charge is 0.109 e. The van der Waals surface area contributed by atoms with Crippen LogP contribution in [0.2, 0.25) is 0 Å². The van der Waals surface area contributed by atoms with Crippen molar-refractivity contribution in [3.63, 3.8) is 0 Å². The van der Waals surface area contributed by atoms with Gasteiger partial charge in [0.25, 0.3) is 0 Å². The molecule has 1 aliphatic rings. The molecule has 114 valence electrons. The molecule has 1 rings (SSSR count). The Labute approximate surface area is 114 Å². The Bertz CT molecular complexity index is 274. The van der Waals surface area contributed by atoms with Crippen LogP contribution in [0, 0.1) is 5.92 Å². The predicted molar refractivity (Wildman–Crippen MR) is 70.6 cm³/mol. The summed E-state index contributed by atoms with van der Waals surface area (Å²) < 4.78 is 11.2. The predicted octanol–water partition coefficient (Wildman–Crippen LogP) is -0.752. The van der Waals surface area contributed by atoms with Crippen molar-refractivity contribution < 1.29 is 24.8 Å². The second-order valence-corrected chi connectivity index (χ2v) is 5.68. The zero-order valence-corrected chi connectivity index (χ0v) is 12.0. The standard InChI is InChI=1S/C13H27NO5/c1-4-5-18-7-9-12(17)10(14)11(16)8(6-15)13(2,3)19-9/h8-12,15-17H,4-7,14H2,1-3H3/t8-,9-,10+,11-,12+/m0/s1. The van der Waals surface area contributed by atoms with E-state index in [1.165, 1.54) is 0 Å². The van der Waals surface area contributed by atoms with Gasteiger partial charge in [-0.15, -0.1) is 0 Å². The number of aliphatic hydroxyl groups excluding tert-OH is 3. The van der Waals surface area contributed by atoms with Crippen molar-refractivity contribution in [1.82, 2.24) is 0 Å². The summed E-state index contributed by atoms with van der Waals surface area (Å²) >= 11 is 0. The maximum Gasteiger partial charge on any atom is 0.109 e. The number of hydrogen-bond donors (Lipinski definition) is 4. The molecule has 6 heteroatoms. The van der Waals surface area contributed by atoms with Gasteiger partial charge in [0, 0.05) is 12.5 Å². The Balaban J connectivity index is 2.84. The van der Waals surface area contributed by atoms with Crippen LogP contribution in [0.15, 0.2) is 0 Å². The second kappa shape index (κ2) is 6.97. The fourth-order valence-electron chi connectivity index (χ4n) is 2.48. The van der Waals surface area contributed by atoms with Crippen molar-refractivity contribution in [2.24, 2.45) is 11.7 Å². The zero-order valence-electron chi connectivity index (χ0n) is 12.0. The van der Waals surface area contributed by atoms with Gasteiger partial charge in [-0.3, -0.25) is 0 Å². The summed E-state index contributed by atoms with van der Waals surface area (Å²) in [6.07, 6.45) is -1.78. The van der Waals surface area contributed by atoms with Crippen molar-refractivity contribution in [3.8, 4) is 0 Å². The molecule has 6 nitrogen and oxygen atoms in total. The molecule has 0 saturated carbocycles. The number of rotatable bonds is 5. The van der Waals surface area contributed by atoms with Gasteiger partial charge in [-0.25, -0.2) is 0 Å². The van der Waals surface area contributed by atoms with Crippen LogP contribution >= 0.6 is 0 Å². The normalized spacial score (nSPS) is 39.0. The van der Waals surface area contributed by atoms with Gasteiger partial charge in [-0.1, -0.05) is 6.92 Å². The molecule has 0 aliphatic carbocycles. The van der Waals surface area contributed by atoms with E-state index >= 15 is 0 Å². The van der Waals surface area contributed by atoms with Crippen LogP contribution < -0.4 is 5.73 Å². The molecule has 1 heterocycles. The van der Waals surface area contributed by atoms with Gasteiger partial charge in [0.15, 0.2) is 0 Å².